The fraction of sp³-hybridized carbons (Fsp3) is 0.800. The van der Waals surface area contributed by atoms with Crippen LogP contribution in [0.4, 0.5) is 0 Å². The molecular formula is C15H26N4O2S. The lowest BCUT2D eigenvalue weighted by Gasteiger charge is -2.20. The summed E-state index contributed by atoms with van der Waals surface area (Å²) in [5.74, 6) is 0.213. The van der Waals surface area contributed by atoms with Gasteiger partial charge in [0.2, 0.25) is 10.0 Å². The van der Waals surface area contributed by atoms with Crippen LogP contribution in [0, 0.1) is 0 Å². The van der Waals surface area contributed by atoms with E-state index in [2.05, 4.69) is 19.2 Å². The summed E-state index contributed by atoms with van der Waals surface area (Å²) in [6.07, 6.45) is 8.68. The Labute approximate surface area is 133 Å². The van der Waals surface area contributed by atoms with Crippen molar-refractivity contribution in [3.8, 4) is 0 Å². The molecule has 1 fully saturated rings. The van der Waals surface area contributed by atoms with Crippen LogP contribution >= 0.6 is 0 Å². The van der Waals surface area contributed by atoms with Gasteiger partial charge in [0.25, 0.3) is 0 Å². The summed E-state index contributed by atoms with van der Waals surface area (Å²) in [5, 5.41) is 0. The van der Waals surface area contributed by atoms with Gasteiger partial charge in [-0.25, -0.2) is 18.1 Å². The molecule has 1 aliphatic heterocycles. The topological polar surface area (TPSA) is 67.2 Å². The third kappa shape index (κ3) is 3.52. The molecular weight excluding hydrogens is 300 g/mol. The van der Waals surface area contributed by atoms with Crippen molar-refractivity contribution in [2.24, 2.45) is 0 Å². The Morgan fingerprint density at radius 1 is 1.36 bits per heavy atom. The summed E-state index contributed by atoms with van der Waals surface area (Å²) in [5.41, 5.74) is 2.74. The molecule has 7 heteroatoms. The number of nitrogens with one attached hydrogen (secondary N) is 1. The van der Waals surface area contributed by atoms with Crippen molar-refractivity contribution >= 4 is 10.0 Å². The number of likely N-dealkylation sites (tertiary alicyclic amines) is 1. The highest BCUT2D eigenvalue weighted by Gasteiger charge is 2.27. The maximum Gasteiger partial charge on any atom is 0.211 e. The van der Waals surface area contributed by atoms with Gasteiger partial charge in [-0.3, -0.25) is 0 Å². The quantitative estimate of drug-likeness (QED) is 0.845. The van der Waals surface area contributed by atoms with Crippen LogP contribution in [0.5, 0.6) is 0 Å². The fourth-order valence-electron chi connectivity index (χ4n) is 3.63. The van der Waals surface area contributed by atoms with Crippen molar-refractivity contribution in [1.29, 1.82) is 0 Å². The van der Waals surface area contributed by atoms with Gasteiger partial charge in [-0.1, -0.05) is 0 Å². The number of aryl methyl sites for hydroxylation is 1. The Balaban J connectivity index is 1.53. The zero-order chi connectivity index (χ0) is 15.6. The van der Waals surface area contributed by atoms with Crippen molar-refractivity contribution in [2.45, 2.75) is 44.6 Å². The molecule has 1 aromatic rings. The minimum absolute atomic E-state index is 0.213. The number of nitrogens with zero attached hydrogens (tertiary/aromatic N) is 3. The summed E-state index contributed by atoms with van der Waals surface area (Å²) >= 11 is 0. The molecule has 1 saturated heterocycles. The number of sulfonamides is 1. The summed E-state index contributed by atoms with van der Waals surface area (Å²) in [4.78, 5) is 6.97. The van der Waals surface area contributed by atoms with Gasteiger partial charge in [-0.2, -0.15) is 0 Å². The smallest absolute Gasteiger partial charge is 0.211 e. The highest BCUT2D eigenvalue weighted by atomic mass is 32.2. The predicted molar refractivity (Wildman–Crippen MR) is 86.4 cm³/mol. The first-order valence-electron chi connectivity index (χ1n) is 8.27. The lowest BCUT2D eigenvalue weighted by atomic mass is 10.0. The molecule has 0 bridgehead atoms. The van der Waals surface area contributed by atoms with Gasteiger partial charge in [-0.05, 0) is 52.1 Å². The van der Waals surface area contributed by atoms with E-state index in [1.54, 1.807) is 0 Å². The van der Waals surface area contributed by atoms with Crippen molar-refractivity contribution in [3.63, 3.8) is 0 Å². The molecule has 1 unspecified atom stereocenters. The van der Waals surface area contributed by atoms with Gasteiger partial charge >= 0.3 is 0 Å². The van der Waals surface area contributed by atoms with E-state index in [1.807, 2.05) is 6.33 Å². The Morgan fingerprint density at radius 3 is 3.00 bits per heavy atom. The lowest BCUT2D eigenvalue weighted by molar-refractivity contribution is 0.323. The van der Waals surface area contributed by atoms with Crippen molar-refractivity contribution in [1.82, 2.24) is 19.2 Å². The third-order valence-electron chi connectivity index (χ3n) is 4.90. The minimum atomic E-state index is -3.07. The van der Waals surface area contributed by atoms with Crippen LogP contribution in [0.3, 0.4) is 0 Å². The molecule has 124 valence electrons. The van der Waals surface area contributed by atoms with Gasteiger partial charge in [0.1, 0.15) is 0 Å². The molecule has 0 radical (unpaired) electrons. The van der Waals surface area contributed by atoms with E-state index in [-0.39, 0.29) is 5.75 Å². The number of hydrogen-bond donors (Lipinski definition) is 1. The van der Waals surface area contributed by atoms with E-state index >= 15 is 0 Å². The maximum atomic E-state index is 11.4. The Kier molecular flexibility index (Phi) is 4.84. The number of rotatable bonds is 6. The molecule has 22 heavy (non-hydrogen) atoms. The number of aromatic nitrogens is 2. The van der Waals surface area contributed by atoms with Crippen LogP contribution in [0.25, 0.3) is 0 Å². The Morgan fingerprint density at radius 2 is 2.18 bits per heavy atom. The first kappa shape index (κ1) is 16.0. The largest absolute Gasteiger partial charge is 0.330 e. The molecule has 0 amide bonds. The second kappa shape index (κ2) is 6.68. The molecule has 0 spiro atoms. The van der Waals surface area contributed by atoms with Crippen LogP contribution in [0.2, 0.25) is 0 Å². The van der Waals surface area contributed by atoms with E-state index in [0.717, 1.165) is 38.9 Å². The highest BCUT2D eigenvalue weighted by molar-refractivity contribution is 7.89. The Hall–Kier alpha value is -0.920. The second-order valence-electron chi connectivity index (χ2n) is 6.37. The number of fused-ring (bicyclic) bond motifs is 1. The number of hydrogen-bond acceptors (Lipinski definition) is 4. The molecule has 1 aliphatic carbocycles. The van der Waals surface area contributed by atoms with Crippen molar-refractivity contribution in [2.75, 3.05) is 32.4 Å². The first-order chi connectivity index (χ1) is 10.6. The Bertz CT molecular complexity index is 611. The van der Waals surface area contributed by atoms with Gasteiger partial charge < -0.3 is 9.47 Å². The number of imidazole rings is 1. The molecule has 2 heterocycles. The fourth-order valence-corrected chi connectivity index (χ4v) is 4.34. The van der Waals surface area contributed by atoms with Gasteiger partial charge in [0, 0.05) is 24.8 Å². The molecule has 6 nitrogen and oxygen atoms in total. The third-order valence-corrected chi connectivity index (χ3v) is 6.35. The summed E-state index contributed by atoms with van der Waals surface area (Å²) in [6.45, 7) is 2.92. The lowest BCUT2D eigenvalue weighted by Crippen LogP contribution is -2.27. The van der Waals surface area contributed by atoms with Crippen molar-refractivity contribution < 1.29 is 8.42 Å². The standard InChI is InChI=1S/C15H26N4O2S/c1-16-22(20,21)10-4-8-18-9-7-13(11-18)19-12-17-14-5-2-3-6-15(14)19/h12-13,16H,2-11H2,1H3. The van der Waals surface area contributed by atoms with Gasteiger partial charge in [0.05, 0.1) is 17.8 Å². The molecule has 1 aromatic heterocycles. The molecule has 1 atom stereocenters. The molecule has 2 aliphatic rings. The monoisotopic (exact) mass is 326 g/mol. The summed E-state index contributed by atoms with van der Waals surface area (Å²) < 4.78 is 27.6. The summed E-state index contributed by atoms with van der Waals surface area (Å²) in [6, 6.07) is 0.509. The van der Waals surface area contributed by atoms with Gasteiger partial charge in [-0.15, -0.1) is 0 Å². The molecule has 3 rings (SSSR count). The van der Waals surface area contributed by atoms with Gasteiger partial charge in [0.15, 0.2) is 0 Å². The van der Waals surface area contributed by atoms with E-state index < -0.39 is 10.0 Å². The van der Waals surface area contributed by atoms with E-state index in [9.17, 15) is 8.42 Å². The van der Waals surface area contributed by atoms with Crippen LogP contribution in [0.1, 0.15) is 43.1 Å². The average Bonchev–Trinajstić information content (AvgIpc) is 3.13. The molecule has 0 aromatic carbocycles. The normalized spacial score (nSPS) is 22.9. The molecule has 0 saturated carbocycles. The van der Waals surface area contributed by atoms with E-state index in [4.69, 9.17) is 0 Å². The zero-order valence-corrected chi connectivity index (χ0v) is 14.1. The summed E-state index contributed by atoms with van der Waals surface area (Å²) in [7, 11) is -1.60. The molecule has 1 N–H and O–H groups in total. The van der Waals surface area contributed by atoms with Crippen LogP contribution < -0.4 is 4.72 Å². The minimum Gasteiger partial charge on any atom is -0.330 e. The predicted octanol–water partition coefficient (Wildman–Crippen LogP) is 0.948. The van der Waals surface area contributed by atoms with Crippen LogP contribution in [-0.2, 0) is 22.9 Å². The average molecular weight is 326 g/mol. The first-order valence-corrected chi connectivity index (χ1v) is 9.92. The SMILES string of the molecule is CNS(=O)(=O)CCCN1CCC(n2cnc3c2CCCC3)C1. The highest BCUT2D eigenvalue weighted by Crippen LogP contribution is 2.28. The van der Waals surface area contributed by atoms with Crippen LogP contribution in [0.15, 0.2) is 6.33 Å². The zero-order valence-electron chi connectivity index (χ0n) is 13.3. The van der Waals surface area contributed by atoms with Crippen LogP contribution in [-0.4, -0.2) is 55.3 Å². The van der Waals surface area contributed by atoms with E-state index in [0.29, 0.717) is 12.5 Å². The van der Waals surface area contributed by atoms with E-state index in [1.165, 1.54) is 31.3 Å². The maximum absolute atomic E-state index is 11.4. The second-order valence-corrected chi connectivity index (χ2v) is 8.42. The van der Waals surface area contributed by atoms with Crippen molar-refractivity contribution in [3.05, 3.63) is 17.7 Å².